The van der Waals surface area contributed by atoms with E-state index < -0.39 is 0 Å². The van der Waals surface area contributed by atoms with Crippen LogP contribution in [-0.2, 0) is 13.6 Å². The number of pyridine rings is 1. The third-order valence-corrected chi connectivity index (χ3v) is 3.90. The molecule has 0 aliphatic carbocycles. The molecule has 0 atom stereocenters. The van der Waals surface area contributed by atoms with E-state index >= 15 is 0 Å². The third kappa shape index (κ3) is 2.33. The number of nitrogen functional groups attached to an aromatic ring is 1. The molecule has 2 rings (SSSR count). The van der Waals surface area contributed by atoms with Crippen LogP contribution in [0.5, 0.6) is 0 Å². The minimum atomic E-state index is 0.691. The Kier molecular flexibility index (Phi) is 3.56. The number of aryl methyl sites for hydroxylation is 1. The molecular weight excluding hydrogens is 294 g/mol. The van der Waals surface area contributed by atoms with E-state index in [-0.39, 0.29) is 0 Å². The van der Waals surface area contributed by atoms with E-state index in [1.54, 1.807) is 12.4 Å². The number of halogens is 1. The Bertz CT molecular complexity index is 564. The predicted molar refractivity (Wildman–Crippen MR) is 76.4 cm³/mol. The fourth-order valence-corrected chi connectivity index (χ4v) is 2.31. The molecule has 0 fully saturated rings. The van der Waals surface area contributed by atoms with Crippen molar-refractivity contribution in [2.45, 2.75) is 13.5 Å². The van der Waals surface area contributed by atoms with Gasteiger partial charge >= 0.3 is 0 Å². The lowest BCUT2D eigenvalue weighted by Crippen LogP contribution is -2.21. The lowest BCUT2D eigenvalue weighted by Gasteiger charge is -2.20. The Morgan fingerprint density at radius 1 is 1.44 bits per heavy atom. The van der Waals surface area contributed by atoms with Crippen LogP contribution in [0.2, 0.25) is 0 Å². The zero-order valence-corrected chi connectivity index (χ0v) is 12.3. The molecule has 0 saturated carbocycles. The molecule has 0 spiro atoms. The van der Waals surface area contributed by atoms with E-state index in [1.165, 1.54) is 0 Å². The second-order valence-electron chi connectivity index (χ2n) is 4.29. The zero-order chi connectivity index (χ0) is 13.3. The Balaban J connectivity index is 2.27. The number of hydrogen-bond donors (Lipinski definition) is 1. The van der Waals surface area contributed by atoms with Crippen molar-refractivity contribution in [3.05, 3.63) is 34.5 Å². The normalized spacial score (nSPS) is 10.7. The second kappa shape index (κ2) is 4.97. The Hall–Kier alpha value is -1.56. The van der Waals surface area contributed by atoms with Gasteiger partial charge in [-0.2, -0.15) is 0 Å². The smallest absolute Gasteiger partial charge is 0.143 e. The number of anilines is 2. The molecule has 2 N–H and O–H groups in total. The quantitative estimate of drug-likeness (QED) is 0.943. The van der Waals surface area contributed by atoms with Crippen LogP contribution in [0.25, 0.3) is 0 Å². The largest absolute Gasteiger partial charge is 0.397 e. The number of imidazole rings is 1. The van der Waals surface area contributed by atoms with Crippen LogP contribution in [0, 0.1) is 6.92 Å². The molecule has 0 unspecified atom stereocenters. The van der Waals surface area contributed by atoms with Gasteiger partial charge in [0.15, 0.2) is 0 Å². The molecule has 0 radical (unpaired) electrons. The molecule has 6 heteroatoms. The van der Waals surface area contributed by atoms with Crippen LogP contribution >= 0.6 is 15.9 Å². The molecule has 0 saturated heterocycles. The molecule has 96 valence electrons. The summed E-state index contributed by atoms with van der Waals surface area (Å²) in [7, 11) is 3.96. The van der Waals surface area contributed by atoms with E-state index in [1.807, 2.05) is 36.7 Å². The van der Waals surface area contributed by atoms with Crippen LogP contribution in [0.1, 0.15) is 11.4 Å². The second-order valence-corrected chi connectivity index (χ2v) is 5.08. The fraction of sp³-hybridized carbons (Fsp3) is 0.333. The van der Waals surface area contributed by atoms with Gasteiger partial charge in [0.25, 0.3) is 0 Å². The maximum absolute atomic E-state index is 5.82. The van der Waals surface area contributed by atoms with Crippen LogP contribution < -0.4 is 10.6 Å². The maximum atomic E-state index is 5.82. The van der Waals surface area contributed by atoms with Crippen molar-refractivity contribution in [2.24, 2.45) is 7.05 Å². The highest BCUT2D eigenvalue weighted by Gasteiger charge is 2.13. The average Bonchev–Trinajstić information content (AvgIpc) is 2.72. The summed E-state index contributed by atoms with van der Waals surface area (Å²) in [6.07, 6.45) is 5.41. The summed E-state index contributed by atoms with van der Waals surface area (Å²) in [5, 5.41) is 0. The van der Waals surface area contributed by atoms with Crippen molar-refractivity contribution in [3.63, 3.8) is 0 Å². The van der Waals surface area contributed by atoms with Gasteiger partial charge in [0.05, 0.1) is 22.9 Å². The van der Waals surface area contributed by atoms with Crippen molar-refractivity contribution in [3.8, 4) is 0 Å². The number of hydrogen-bond acceptors (Lipinski definition) is 4. The van der Waals surface area contributed by atoms with Crippen molar-refractivity contribution < 1.29 is 0 Å². The Labute approximate surface area is 115 Å². The monoisotopic (exact) mass is 309 g/mol. The van der Waals surface area contributed by atoms with Crippen LogP contribution in [0.15, 0.2) is 23.1 Å². The highest BCUT2D eigenvalue weighted by Crippen LogP contribution is 2.30. The lowest BCUT2D eigenvalue weighted by atomic mass is 10.2. The van der Waals surface area contributed by atoms with E-state index in [2.05, 4.69) is 25.9 Å². The fourth-order valence-electron chi connectivity index (χ4n) is 1.68. The number of aromatic nitrogens is 3. The van der Waals surface area contributed by atoms with Gasteiger partial charge in [0.2, 0.25) is 0 Å². The molecular formula is C12H16BrN5. The van der Waals surface area contributed by atoms with Gasteiger partial charge in [-0.15, -0.1) is 0 Å². The predicted octanol–water partition coefficient (Wildman–Crippen LogP) is 2.10. The molecule has 0 bridgehead atoms. The van der Waals surface area contributed by atoms with Gasteiger partial charge < -0.3 is 15.2 Å². The van der Waals surface area contributed by atoms with Gasteiger partial charge in [0, 0.05) is 26.5 Å². The van der Waals surface area contributed by atoms with Gasteiger partial charge in [-0.25, -0.2) is 9.97 Å². The number of nitrogens with two attached hydrogens (primary N) is 1. The maximum Gasteiger partial charge on any atom is 0.143 e. The van der Waals surface area contributed by atoms with E-state index in [0.29, 0.717) is 12.2 Å². The number of rotatable bonds is 3. The first-order valence-electron chi connectivity index (χ1n) is 5.58. The molecule has 2 aromatic heterocycles. The van der Waals surface area contributed by atoms with Crippen LogP contribution in [0.3, 0.4) is 0 Å². The summed E-state index contributed by atoms with van der Waals surface area (Å²) in [6, 6.07) is 0. The summed E-state index contributed by atoms with van der Waals surface area (Å²) in [5.74, 6) is 1.85. The topological polar surface area (TPSA) is 60.0 Å². The standard InChI is InChI=1S/C12H16BrN5/c1-8-9(14)6-16-12(11(8)13)18(3)7-10-15-4-5-17(10)2/h4-6H,7,14H2,1-3H3. The molecule has 0 aliphatic heterocycles. The third-order valence-electron chi connectivity index (χ3n) is 2.95. The first-order chi connectivity index (χ1) is 8.50. The van der Waals surface area contributed by atoms with Crippen LogP contribution in [0.4, 0.5) is 11.5 Å². The van der Waals surface area contributed by atoms with Gasteiger partial charge in [-0.1, -0.05) is 0 Å². The average molecular weight is 310 g/mol. The minimum absolute atomic E-state index is 0.691. The minimum Gasteiger partial charge on any atom is -0.397 e. The zero-order valence-electron chi connectivity index (χ0n) is 10.7. The van der Waals surface area contributed by atoms with Crippen molar-refractivity contribution >= 4 is 27.4 Å². The van der Waals surface area contributed by atoms with Gasteiger partial charge in [-0.05, 0) is 28.4 Å². The Morgan fingerprint density at radius 3 is 2.78 bits per heavy atom. The van der Waals surface area contributed by atoms with Crippen molar-refractivity contribution in [1.82, 2.24) is 14.5 Å². The van der Waals surface area contributed by atoms with Crippen molar-refractivity contribution in [2.75, 3.05) is 17.7 Å². The summed E-state index contributed by atoms with van der Waals surface area (Å²) in [6.45, 7) is 2.66. The molecule has 5 nitrogen and oxygen atoms in total. The van der Waals surface area contributed by atoms with Gasteiger partial charge in [0.1, 0.15) is 11.6 Å². The summed E-state index contributed by atoms with van der Waals surface area (Å²) >= 11 is 3.54. The molecule has 0 aliphatic rings. The van der Waals surface area contributed by atoms with E-state index in [9.17, 15) is 0 Å². The number of nitrogens with zero attached hydrogens (tertiary/aromatic N) is 4. The molecule has 0 amide bonds. The first-order valence-corrected chi connectivity index (χ1v) is 6.38. The lowest BCUT2D eigenvalue weighted by molar-refractivity contribution is 0.754. The van der Waals surface area contributed by atoms with E-state index in [4.69, 9.17) is 5.73 Å². The summed E-state index contributed by atoms with van der Waals surface area (Å²) in [5.41, 5.74) is 7.52. The van der Waals surface area contributed by atoms with Crippen LogP contribution in [-0.4, -0.2) is 21.6 Å². The molecule has 2 heterocycles. The van der Waals surface area contributed by atoms with Gasteiger partial charge in [-0.3, -0.25) is 0 Å². The van der Waals surface area contributed by atoms with E-state index in [0.717, 1.165) is 21.7 Å². The summed E-state index contributed by atoms with van der Waals surface area (Å²) in [4.78, 5) is 10.7. The Morgan fingerprint density at radius 2 is 2.17 bits per heavy atom. The SMILES string of the molecule is Cc1c(N)cnc(N(C)Cc2nccn2C)c1Br. The molecule has 18 heavy (non-hydrogen) atoms. The molecule has 2 aromatic rings. The highest BCUT2D eigenvalue weighted by molar-refractivity contribution is 9.10. The van der Waals surface area contributed by atoms with Crippen molar-refractivity contribution in [1.29, 1.82) is 0 Å². The summed E-state index contributed by atoms with van der Waals surface area (Å²) < 4.78 is 2.92. The molecule has 0 aromatic carbocycles. The first kappa shape index (κ1) is 12.9. The highest BCUT2D eigenvalue weighted by atomic mass is 79.9.